The van der Waals surface area contributed by atoms with Gasteiger partial charge in [0.2, 0.25) is 11.0 Å². The molecule has 2 aromatic heterocycles. The second-order valence-electron chi connectivity index (χ2n) is 8.09. The Balaban J connectivity index is 1.26. The molecule has 1 N–H and O–H groups in total. The van der Waals surface area contributed by atoms with Crippen LogP contribution in [0.15, 0.2) is 21.9 Å². The number of hydrogen-bond donors (Lipinski definition) is 1. The molecule has 6 rings (SSSR count). The molecule has 4 saturated carbocycles. The monoisotopic (exact) mass is 469 g/mol. The number of halogens is 1. The topological polar surface area (TPSA) is 54.9 Å². The second kappa shape index (κ2) is 6.57. The van der Waals surface area contributed by atoms with Crippen LogP contribution in [0.5, 0.6) is 0 Å². The maximum Gasteiger partial charge on any atom is 0.232 e. The molecule has 0 radical (unpaired) electrons. The molecular weight excluding hydrogens is 450 g/mol. The van der Waals surface area contributed by atoms with E-state index < -0.39 is 0 Å². The van der Waals surface area contributed by atoms with Crippen LogP contribution in [0.25, 0.3) is 0 Å². The molecule has 2 unspecified atom stereocenters. The number of aromatic nitrogens is 2. The van der Waals surface area contributed by atoms with Crippen molar-refractivity contribution in [2.24, 2.45) is 17.3 Å². The van der Waals surface area contributed by atoms with Crippen molar-refractivity contribution in [3.63, 3.8) is 0 Å². The van der Waals surface area contributed by atoms with Gasteiger partial charge in [0.15, 0.2) is 4.34 Å². The summed E-state index contributed by atoms with van der Waals surface area (Å²) in [5.74, 6) is 2.47. The first-order valence-corrected chi connectivity index (χ1v) is 12.5. The molecule has 0 saturated heterocycles. The Morgan fingerprint density at radius 1 is 1.31 bits per heavy atom. The van der Waals surface area contributed by atoms with E-state index in [1.54, 1.807) is 23.1 Å². The number of amides is 1. The molecule has 138 valence electrons. The lowest BCUT2D eigenvalue weighted by atomic mass is 9.49. The van der Waals surface area contributed by atoms with Crippen molar-refractivity contribution in [1.29, 1.82) is 0 Å². The first kappa shape index (κ1) is 17.6. The van der Waals surface area contributed by atoms with E-state index in [0.29, 0.717) is 17.0 Å². The molecule has 4 nitrogen and oxygen atoms in total. The fourth-order valence-corrected chi connectivity index (χ4v) is 9.46. The van der Waals surface area contributed by atoms with Gasteiger partial charge in [-0.25, -0.2) is 0 Å². The Morgan fingerprint density at radius 3 is 2.81 bits per heavy atom. The fourth-order valence-electron chi connectivity index (χ4n) is 5.49. The van der Waals surface area contributed by atoms with Gasteiger partial charge in [0, 0.05) is 15.0 Å². The molecule has 4 aliphatic rings. The lowest BCUT2D eigenvalue weighted by Crippen LogP contribution is -2.57. The van der Waals surface area contributed by atoms with E-state index in [-0.39, 0.29) is 15.6 Å². The van der Waals surface area contributed by atoms with Gasteiger partial charge in [-0.15, -0.1) is 21.5 Å². The molecule has 0 aliphatic heterocycles. The predicted molar refractivity (Wildman–Crippen MR) is 111 cm³/mol. The maximum atomic E-state index is 13.2. The molecule has 4 aliphatic carbocycles. The summed E-state index contributed by atoms with van der Waals surface area (Å²) >= 11 is 8.90. The van der Waals surface area contributed by atoms with E-state index >= 15 is 0 Å². The minimum absolute atomic E-state index is 0.168. The Labute approximate surface area is 173 Å². The molecule has 2 heterocycles. The number of nitrogens with one attached hydrogen (secondary N) is 1. The van der Waals surface area contributed by atoms with Gasteiger partial charge in [-0.1, -0.05) is 45.1 Å². The van der Waals surface area contributed by atoms with Gasteiger partial charge in [0.05, 0.1) is 5.41 Å². The summed E-state index contributed by atoms with van der Waals surface area (Å²) in [7, 11) is 0. The van der Waals surface area contributed by atoms with E-state index in [1.807, 2.05) is 0 Å². The third kappa shape index (κ3) is 3.27. The Morgan fingerprint density at radius 2 is 2.12 bits per heavy atom. The van der Waals surface area contributed by atoms with E-state index in [9.17, 15) is 4.79 Å². The molecule has 2 aromatic rings. The molecule has 0 aromatic carbocycles. The number of nitrogens with zero attached hydrogens (tertiary/aromatic N) is 2. The van der Waals surface area contributed by atoms with Crippen molar-refractivity contribution in [2.75, 3.05) is 5.32 Å². The van der Waals surface area contributed by atoms with Crippen molar-refractivity contribution in [2.45, 2.75) is 52.9 Å². The van der Waals surface area contributed by atoms with E-state index in [2.05, 4.69) is 49.0 Å². The summed E-state index contributed by atoms with van der Waals surface area (Å²) in [4.78, 5) is 14.5. The third-order valence-corrected chi connectivity index (χ3v) is 10.0. The summed E-state index contributed by atoms with van der Waals surface area (Å²) in [5.41, 5.74) is -0.205. The molecule has 8 heteroatoms. The first-order valence-electron chi connectivity index (χ1n) is 9.01. The number of anilines is 1. The quantitative estimate of drug-likeness (QED) is 0.353. The van der Waals surface area contributed by atoms with Gasteiger partial charge in [-0.2, -0.15) is 0 Å². The van der Waals surface area contributed by atoms with Gasteiger partial charge in [0.1, 0.15) is 0 Å². The van der Waals surface area contributed by atoms with Crippen LogP contribution in [-0.2, 0) is 10.5 Å². The van der Waals surface area contributed by atoms with E-state index in [1.165, 1.54) is 35.5 Å². The van der Waals surface area contributed by atoms with Gasteiger partial charge in [-0.05, 0) is 61.8 Å². The molecule has 0 spiro atoms. The highest BCUT2D eigenvalue weighted by Gasteiger charge is 2.59. The standard InChI is InChI=1S/C18H20BrN3OS3/c19-18-7-11-4-12(8-18)6-17(5-11,10-18)14(23)20-15-21-22-16(26-15)25-9-13-2-1-3-24-13/h1-3,11-12H,4-10H2,(H,20,21,23). The van der Waals surface area contributed by atoms with Crippen LogP contribution in [-0.4, -0.2) is 20.4 Å². The minimum atomic E-state index is -0.205. The molecular formula is C18H20BrN3OS3. The predicted octanol–water partition coefficient (Wildman–Crippen LogP) is 5.56. The number of hydrogen-bond acceptors (Lipinski definition) is 6. The fraction of sp³-hybridized carbons (Fsp3) is 0.611. The maximum absolute atomic E-state index is 13.2. The summed E-state index contributed by atoms with van der Waals surface area (Å²) < 4.78 is 1.10. The average molecular weight is 470 g/mol. The lowest BCUT2D eigenvalue weighted by molar-refractivity contribution is -0.138. The zero-order valence-corrected chi connectivity index (χ0v) is 18.3. The number of thioether (sulfide) groups is 1. The average Bonchev–Trinajstić information content (AvgIpc) is 3.22. The number of carbonyl (C=O) groups excluding carboxylic acids is 1. The van der Waals surface area contributed by atoms with Crippen LogP contribution < -0.4 is 5.32 Å². The van der Waals surface area contributed by atoms with Crippen LogP contribution in [0, 0.1) is 17.3 Å². The summed E-state index contributed by atoms with van der Waals surface area (Å²) in [6.07, 6.45) is 6.84. The highest BCUT2D eigenvalue weighted by atomic mass is 79.9. The van der Waals surface area contributed by atoms with Crippen LogP contribution in [0.1, 0.15) is 43.4 Å². The molecule has 4 bridgehead atoms. The summed E-state index contributed by atoms with van der Waals surface area (Å²) in [5, 5.41) is 14.3. The minimum Gasteiger partial charge on any atom is -0.300 e. The van der Waals surface area contributed by atoms with Crippen LogP contribution in [0.2, 0.25) is 0 Å². The molecule has 26 heavy (non-hydrogen) atoms. The number of thiophene rings is 1. The van der Waals surface area contributed by atoms with Crippen LogP contribution in [0.4, 0.5) is 5.13 Å². The molecule has 4 fully saturated rings. The first-order chi connectivity index (χ1) is 12.5. The van der Waals surface area contributed by atoms with Crippen molar-refractivity contribution >= 4 is 61.4 Å². The summed E-state index contributed by atoms with van der Waals surface area (Å²) in [6.45, 7) is 0. The zero-order chi connectivity index (χ0) is 17.8. The van der Waals surface area contributed by atoms with Gasteiger partial charge in [0.25, 0.3) is 0 Å². The van der Waals surface area contributed by atoms with Gasteiger partial charge < -0.3 is 5.32 Å². The number of rotatable bonds is 5. The highest BCUT2D eigenvalue weighted by molar-refractivity contribution is 9.10. The largest absolute Gasteiger partial charge is 0.300 e. The second-order valence-corrected chi connectivity index (χ2v) is 13.0. The van der Waals surface area contributed by atoms with Crippen LogP contribution in [0.3, 0.4) is 0 Å². The summed E-state index contributed by atoms with van der Waals surface area (Å²) in [6, 6.07) is 4.19. The number of carbonyl (C=O) groups is 1. The Hall–Kier alpha value is -0.440. The molecule has 2 atom stereocenters. The van der Waals surface area contributed by atoms with Gasteiger partial charge >= 0.3 is 0 Å². The van der Waals surface area contributed by atoms with Crippen molar-refractivity contribution in [3.8, 4) is 0 Å². The highest BCUT2D eigenvalue weighted by Crippen LogP contribution is 2.64. The van der Waals surface area contributed by atoms with Crippen molar-refractivity contribution in [3.05, 3.63) is 22.4 Å². The SMILES string of the molecule is O=C(Nc1nnc(SCc2cccs2)s1)C12CC3CC(CC(Br)(C3)C1)C2. The Bertz CT molecular complexity index is 808. The van der Waals surface area contributed by atoms with Crippen molar-refractivity contribution < 1.29 is 4.79 Å². The zero-order valence-electron chi connectivity index (χ0n) is 14.2. The normalized spacial score (nSPS) is 35.0. The van der Waals surface area contributed by atoms with Gasteiger partial charge in [-0.3, -0.25) is 4.79 Å². The third-order valence-electron chi connectivity index (χ3n) is 6.02. The van der Waals surface area contributed by atoms with E-state index in [0.717, 1.165) is 29.4 Å². The number of alkyl halides is 1. The van der Waals surface area contributed by atoms with E-state index in [4.69, 9.17) is 0 Å². The van der Waals surface area contributed by atoms with Crippen LogP contribution >= 0.6 is 50.4 Å². The lowest BCUT2D eigenvalue weighted by Gasteiger charge is -2.59. The Kier molecular flexibility index (Phi) is 4.46. The van der Waals surface area contributed by atoms with Crippen molar-refractivity contribution in [1.82, 2.24) is 10.2 Å². The smallest absolute Gasteiger partial charge is 0.232 e. The molecule has 1 amide bonds.